The van der Waals surface area contributed by atoms with E-state index in [4.69, 9.17) is 23.2 Å². The number of nitrogens with zero attached hydrogens (tertiary/aromatic N) is 2. The van der Waals surface area contributed by atoms with Gasteiger partial charge in [0.15, 0.2) is 0 Å². The van der Waals surface area contributed by atoms with Crippen molar-refractivity contribution in [2.24, 2.45) is 0 Å². The van der Waals surface area contributed by atoms with Gasteiger partial charge in [-0.25, -0.2) is 9.97 Å². The number of halogens is 2. The fourth-order valence-corrected chi connectivity index (χ4v) is 3.66. The average Bonchev–Trinajstić information content (AvgIpc) is 2.79. The van der Waals surface area contributed by atoms with Crippen molar-refractivity contribution in [2.75, 3.05) is 0 Å². The van der Waals surface area contributed by atoms with Crippen LogP contribution in [0.5, 0.6) is 0 Å². The zero-order valence-electron chi connectivity index (χ0n) is 10.7. The largest absolute Gasteiger partial charge is 0.220 e. The van der Waals surface area contributed by atoms with Crippen molar-refractivity contribution in [3.05, 3.63) is 21.7 Å². The minimum atomic E-state index is 0.455. The summed E-state index contributed by atoms with van der Waals surface area (Å²) in [4.78, 5) is 8.80. The molecule has 0 N–H and O–H groups in total. The molecule has 1 heterocycles. The Morgan fingerprint density at radius 1 is 1.17 bits per heavy atom. The first-order chi connectivity index (χ1) is 8.58. The Morgan fingerprint density at radius 3 is 2.22 bits per heavy atom. The van der Waals surface area contributed by atoms with Crippen LogP contribution in [0.1, 0.15) is 56.8 Å². The van der Waals surface area contributed by atoms with Gasteiger partial charge in [-0.15, -0.1) is 0 Å². The molecule has 5 heteroatoms. The molecule has 0 bridgehead atoms. The number of thioether (sulfide) groups is 1. The summed E-state index contributed by atoms with van der Waals surface area (Å²) in [6, 6.07) is 0. The van der Waals surface area contributed by atoms with Crippen LogP contribution < -0.4 is 0 Å². The molecule has 0 aromatic carbocycles. The number of hydrogen-bond acceptors (Lipinski definition) is 3. The van der Waals surface area contributed by atoms with E-state index in [-0.39, 0.29) is 0 Å². The topological polar surface area (TPSA) is 25.8 Å². The molecule has 0 saturated heterocycles. The van der Waals surface area contributed by atoms with E-state index in [1.807, 2.05) is 0 Å². The van der Waals surface area contributed by atoms with Crippen LogP contribution in [0.25, 0.3) is 0 Å². The predicted molar refractivity (Wildman–Crippen MR) is 79.7 cm³/mol. The van der Waals surface area contributed by atoms with E-state index >= 15 is 0 Å². The van der Waals surface area contributed by atoms with Crippen LogP contribution in [0.3, 0.4) is 0 Å². The molecule has 1 aromatic heterocycles. The Balaban J connectivity index is 2.18. The second-order valence-electron chi connectivity index (χ2n) is 4.98. The highest BCUT2D eigenvalue weighted by Gasteiger charge is 2.24. The highest BCUT2D eigenvalue weighted by Crippen LogP contribution is 2.40. The Morgan fingerprint density at radius 2 is 1.72 bits per heavy atom. The van der Waals surface area contributed by atoms with Crippen molar-refractivity contribution in [2.45, 2.75) is 56.5 Å². The number of hydrogen-bond donors (Lipinski definition) is 0. The van der Waals surface area contributed by atoms with Crippen LogP contribution in [0.4, 0.5) is 0 Å². The van der Waals surface area contributed by atoms with Crippen molar-refractivity contribution >= 4 is 35.0 Å². The third-order valence-corrected chi connectivity index (χ3v) is 4.88. The molecule has 2 rings (SSSR count). The fraction of sp³-hybridized carbons (Fsp3) is 0.692. The Kier molecular flexibility index (Phi) is 5.16. The van der Waals surface area contributed by atoms with E-state index in [2.05, 4.69) is 23.8 Å². The van der Waals surface area contributed by atoms with E-state index in [1.54, 1.807) is 11.8 Å². The Hall–Kier alpha value is 0.01000. The van der Waals surface area contributed by atoms with Crippen molar-refractivity contribution < 1.29 is 0 Å². The summed E-state index contributed by atoms with van der Waals surface area (Å²) in [6.07, 6.45) is 4.82. The molecule has 0 atom stereocenters. The summed E-state index contributed by atoms with van der Waals surface area (Å²) in [7, 11) is 0. The predicted octanol–water partition coefficient (Wildman–Crippen LogP) is 5.08. The molecule has 1 aliphatic carbocycles. The quantitative estimate of drug-likeness (QED) is 0.725. The maximum atomic E-state index is 6.29. The van der Waals surface area contributed by atoms with Gasteiger partial charge in [0.25, 0.3) is 0 Å². The molecule has 100 valence electrons. The van der Waals surface area contributed by atoms with Crippen LogP contribution in [0.15, 0.2) is 0 Å². The van der Waals surface area contributed by atoms with E-state index < -0.39 is 0 Å². The van der Waals surface area contributed by atoms with Crippen LogP contribution in [-0.2, 0) is 5.75 Å². The zero-order chi connectivity index (χ0) is 13.1. The van der Waals surface area contributed by atoms with Gasteiger partial charge in [0, 0.05) is 5.56 Å². The van der Waals surface area contributed by atoms with Crippen molar-refractivity contribution in [1.82, 2.24) is 9.97 Å². The van der Waals surface area contributed by atoms with Crippen molar-refractivity contribution in [3.63, 3.8) is 0 Å². The molecule has 1 saturated carbocycles. The van der Waals surface area contributed by atoms with Gasteiger partial charge >= 0.3 is 0 Å². The minimum Gasteiger partial charge on any atom is -0.220 e. The lowest BCUT2D eigenvalue weighted by Crippen LogP contribution is -2.04. The summed E-state index contributed by atoms with van der Waals surface area (Å²) in [5, 5.41) is 1.67. The second kappa shape index (κ2) is 6.44. The molecule has 18 heavy (non-hydrogen) atoms. The normalized spacial score (nSPS) is 16.7. The van der Waals surface area contributed by atoms with Crippen molar-refractivity contribution in [1.29, 1.82) is 0 Å². The first-order valence-electron chi connectivity index (χ1n) is 6.41. The molecule has 0 amide bonds. The highest BCUT2D eigenvalue weighted by molar-refractivity contribution is 7.99. The number of rotatable bonds is 4. The fourth-order valence-electron chi connectivity index (χ4n) is 2.31. The molecular formula is C13H18Cl2N2S. The molecule has 2 nitrogen and oxygen atoms in total. The molecule has 0 unspecified atom stereocenters. The van der Waals surface area contributed by atoms with Crippen LogP contribution in [-0.4, -0.2) is 15.2 Å². The number of aromatic nitrogens is 2. The lowest BCUT2D eigenvalue weighted by atomic mass is 10.0. The van der Waals surface area contributed by atoms with E-state index in [1.165, 1.54) is 12.8 Å². The standard InChI is InChI=1S/C13H18Cl2N2S/c1-8(2)18-7-10-16-12(14)11(13(15)17-10)9-5-3-4-6-9/h8-9H,3-7H2,1-2H3. The lowest BCUT2D eigenvalue weighted by Gasteiger charge is -2.14. The van der Waals surface area contributed by atoms with Gasteiger partial charge in [0.1, 0.15) is 16.1 Å². The van der Waals surface area contributed by atoms with Gasteiger partial charge < -0.3 is 0 Å². The third-order valence-electron chi connectivity index (χ3n) is 3.21. The second-order valence-corrected chi connectivity index (χ2v) is 7.26. The molecule has 1 fully saturated rings. The average molecular weight is 305 g/mol. The maximum absolute atomic E-state index is 6.29. The highest BCUT2D eigenvalue weighted by atomic mass is 35.5. The smallest absolute Gasteiger partial charge is 0.141 e. The van der Waals surface area contributed by atoms with Gasteiger partial charge in [0.2, 0.25) is 0 Å². The molecule has 0 radical (unpaired) electrons. The van der Waals surface area contributed by atoms with Gasteiger partial charge in [-0.1, -0.05) is 49.9 Å². The maximum Gasteiger partial charge on any atom is 0.141 e. The van der Waals surface area contributed by atoms with E-state index in [0.29, 0.717) is 21.5 Å². The first kappa shape index (κ1) is 14.4. The first-order valence-corrected chi connectivity index (χ1v) is 8.21. The summed E-state index contributed by atoms with van der Waals surface area (Å²) in [6.45, 7) is 4.31. The van der Waals surface area contributed by atoms with E-state index in [9.17, 15) is 0 Å². The summed E-state index contributed by atoms with van der Waals surface area (Å²) in [5.41, 5.74) is 0.967. The van der Waals surface area contributed by atoms with Gasteiger partial charge in [-0.2, -0.15) is 11.8 Å². The van der Waals surface area contributed by atoms with Crippen LogP contribution >= 0.6 is 35.0 Å². The van der Waals surface area contributed by atoms with Gasteiger partial charge in [-0.3, -0.25) is 0 Å². The Labute approximate surface area is 123 Å². The minimum absolute atomic E-state index is 0.455. The van der Waals surface area contributed by atoms with Crippen LogP contribution in [0, 0.1) is 0 Å². The SMILES string of the molecule is CC(C)SCc1nc(Cl)c(C2CCCC2)c(Cl)n1. The van der Waals surface area contributed by atoms with Crippen LogP contribution in [0.2, 0.25) is 10.3 Å². The molecule has 1 aliphatic rings. The summed E-state index contributed by atoms with van der Waals surface area (Å²) >= 11 is 14.4. The summed E-state index contributed by atoms with van der Waals surface area (Å²) < 4.78 is 0. The molecular weight excluding hydrogens is 287 g/mol. The van der Waals surface area contributed by atoms with Crippen molar-refractivity contribution in [3.8, 4) is 0 Å². The Bertz CT molecular complexity index is 394. The zero-order valence-corrected chi connectivity index (χ0v) is 13.1. The van der Waals surface area contributed by atoms with Gasteiger partial charge in [-0.05, 0) is 24.0 Å². The van der Waals surface area contributed by atoms with E-state index in [0.717, 1.165) is 30.0 Å². The molecule has 1 aromatic rings. The lowest BCUT2D eigenvalue weighted by molar-refractivity contribution is 0.712. The summed E-state index contributed by atoms with van der Waals surface area (Å²) in [5.74, 6) is 1.96. The van der Waals surface area contributed by atoms with Gasteiger partial charge in [0.05, 0.1) is 5.75 Å². The molecule has 0 aliphatic heterocycles. The monoisotopic (exact) mass is 304 g/mol. The third kappa shape index (κ3) is 3.52. The molecule has 0 spiro atoms.